The van der Waals surface area contributed by atoms with Crippen LogP contribution in [-0.2, 0) is 14.3 Å². The number of carbonyl (C=O) groups is 3. The summed E-state index contributed by atoms with van der Waals surface area (Å²) >= 11 is 7.33. The van der Waals surface area contributed by atoms with Crippen LogP contribution in [0.2, 0.25) is 5.02 Å². The summed E-state index contributed by atoms with van der Waals surface area (Å²) in [4.78, 5) is 40.5. The van der Waals surface area contributed by atoms with Gasteiger partial charge in [-0.05, 0) is 75.7 Å². The van der Waals surface area contributed by atoms with Gasteiger partial charge in [-0.15, -0.1) is 0 Å². The normalized spacial score (nSPS) is 20.4. The third-order valence-electron chi connectivity index (χ3n) is 5.46. The zero-order chi connectivity index (χ0) is 22.4. The Hall–Kier alpha value is -2.25. The maximum absolute atomic E-state index is 12.8. The van der Waals surface area contributed by atoms with E-state index in [1.807, 2.05) is 26.1 Å². The van der Waals surface area contributed by atoms with Crippen LogP contribution in [0, 0.1) is 0 Å². The van der Waals surface area contributed by atoms with Crippen molar-refractivity contribution in [2.45, 2.75) is 46.2 Å². The molecular weight excluding hydrogens is 424 g/mol. The van der Waals surface area contributed by atoms with E-state index in [9.17, 15) is 14.4 Å². The topological polar surface area (TPSA) is 66.9 Å². The lowest BCUT2D eigenvalue weighted by Crippen LogP contribution is -2.42. The predicted octanol–water partition coefficient (Wildman–Crippen LogP) is 4.96. The summed E-state index contributed by atoms with van der Waals surface area (Å²) in [6.45, 7) is 9.63. The largest absolute Gasteiger partial charge is 0.464 e. The maximum atomic E-state index is 12.8. The lowest BCUT2D eigenvalue weighted by Gasteiger charge is -2.40. The number of thioether (sulfide) groups is 1. The van der Waals surface area contributed by atoms with Gasteiger partial charge in [0.25, 0.3) is 11.1 Å². The molecule has 1 fully saturated rings. The quantitative estimate of drug-likeness (QED) is 0.479. The second-order valence-corrected chi connectivity index (χ2v) is 9.31. The van der Waals surface area contributed by atoms with Crippen molar-refractivity contribution in [1.29, 1.82) is 0 Å². The number of nitrogens with zero attached hydrogens (tertiary/aromatic N) is 2. The fourth-order valence-electron chi connectivity index (χ4n) is 3.62. The molecule has 2 aliphatic rings. The van der Waals surface area contributed by atoms with E-state index in [2.05, 4.69) is 24.8 Å². The summed E-state index contributed by atoms with van der Waals surface area (Å²) < 4.78 is 4.94. The van der Waals surface area contributed by atoms with Gasteiger partial charge in [-0.2, -0.15) is 0 Å². The van der Waals surface area contributed by atoms with Crippen molar-refractivity contribution in [3.05, 3.63) is 39.3 Å². The molecular formula is C22H25ClN2O4S. The molecule has 0 aliphatic carbocycles. The fourth-order valence-corrected chi connectivity index (χ4v) is 4.73. The number of rotatable bonds is 4. The number of fused-ring (bicyclic) bond motifs is 1. The second-order valence-electron chi connectivity index (χ2n) is 7.91. The third-order valence-corrected chi connectivity index (χ3v) is 6.67. The molecule has 0 saturated carbocycles. The minimum absolute atomic E-state index is 0.145. The van der Waals surface area contributed by atoms with Crippen LogP contribution in [0.4, 0.5) is 10.5 Å². The highest BCUT2D eigenvalue weighted by molar-refractivity contribution is 8.18. The van der Waals surface area contributed by atoms with Crippen molar-refractivity contribution in [2.24, 2.45) is 0 Å². The van der Waals surface area contributed by atoms with E-state index in [4.69, 9.17) is 16.3 Å². The van der Waals surface area contributed by atoms with Crippen molar-refractivity contribution in [2.75, 3.05) is 18.6 Å². The van der Waals surface area contributed by atoms with E-state index in [1.54, 1.807) is 13.0 Å². The van der Waals surface area contributed by atoms with Crippen LogP contribution in [0.1, 0.15) is 45.7 Å². The van der Waals surface area contributed by atoms with Gasteiger partial charge in [-0.3, -0.25) is 14.5 Å². The van der Waals surface area contributed by atoms with E-state index in [-0.39, 0.29) is 17.1 Å². The Labute approximate surface area is 185 Å². The third kappa shape index (κ3) is 3.88. The Morgan fingerprint density at radius 1 is 1.33 bits per heavy atom. The average molecular weight is 449 g/mol. The van der Waals surface area contributed by atoms with Gasteiger partial charge in [0.2, 0.25) is 0 Å². The minimum Gasteiger partial charge on any atom is -0.464 e. The molecule has 1 aromatic carbocycles. The van der Waals surface area contributed by atoms with Crippen LogP contribution in [0.5, 0.6) is 0 Å². The number of benzene rings is 1. The minimum atomic E-state index is -0.983. The van der Waals surface area contributed by atoms with Gasteiger partial charge in [0.15, 0.2) is 0 Å². The highest BCUT2D eigenvalue weighted by Crippen LogP contribution is 2.42. The molecule has 1 atom stereocenters. The number of hydrogen-bond donors (Lipinski definition) is 0. The Balaban J connectivity index is 1.97. The molecule has 2 aliphatic heterocycles. The van der Waals surface area contributed by atoms with E-state index in [0.29, 0.717) is 10.6 Å². The van der Waals surface area contributed by atoms with Gasteiger partial charge in [-0.1, -0.05) is 17.7 Å². The number of allylic oxidation sites excluding steroid dienone is 1. The molecule has 0 aromatic heterocycles. The van der Waals surface area contributed by atoms with Crippen molar-refractivity contribution >= 4 is 57.8 Å². The molecule has 0 spiro atoms. The average Bonchev–Trinajstić information content (AvgIpc) is 2.93. The first-order chi connectivity index (χ1) is 14.0. The first kappa shape index (κ1) is 22.4. The van der Waals surface area contributed by atoms with Crippen LogP contribution >= 0.6 is 23.4 Å². The molecule has 8 heteroatoms. The van der Waals surface area contributed by atoms with Crippen molar-refractivity contribution in [3.63, 3.8) is 0 Å². The summed E-state index contributed by atoms with van der Waals surface area (Å²) in [6, 6.07) is 2.83. The Kier molecular flexibility index (Phi) is 6.07. The van der Waals surface area contributed by atoms with Gasteiger partial charge < -0.3 is 9.64 Å². The predicted molar refractivity (Wildman–Crippen MR) is 121 cm³/mol. The summed E-state index contributed by atoms with van der Waals surface area (Å²) in [5, 5.41) is -0.0187. The first-order valence-electron chi connectivity index (χ1n) is 9.68. The van der Waals surface area contributed by atoms with Crippen LogP contribution in [0.25, 0.3) is 11.6 Å². The van der Waals surface area contributed by atoms with Crippen LogP contribution in [0.15, 0.2) is 23.1 Å². The fraction of sp³-hybridized carbons (Fsp3) is 0.409. The summed E-state index contributed by atoms with van der Waals surface area (Å²) in [5.41, 5.74) is 3.64. The molecule has 0 unspecified atom stereocenters. The van der Waals surface area contributed by atoms with E-state index >= 15 is 0 Å². The van der Waals surface area contributed by atoms with Crippen molar-refractivity contribution in [3.8, 4) is 0 Å². The SMILES string of the molecule is CCOC(=O)[C@@H](C)N1C(=O)S/C(=C/c2cc3c(cc2Cl)N(C)C(C)(C)C=C3C)C1=O. The van der Waals surface area contributed by atoms with Crippen LogP contribution < -0.4 is 4.90 Å². The molecule has 1 aromatic rings. The van der Waals surface area contributed by atoms with Crippen molar-refractivity contribution in [1.82, 2.24) is 4.90 Å². The highest BCUT2D eigenvalue weighted by atomic mass is 35.5. The van der Waals surface area contributed by atoms with Crippen LogP contribution in [-0.4, -0.2) is 47.3 Å². The van der Waals surface area contributed by atoms with Crippen molar-refractivity contribution < 1.29 is 19.1 Å². The van der Waals surface area contributed by atoms with E-state index in [1.165, 1.54) is 6.92 Å². The summed E-state index contributed by atoms with van der Waals surface area (Å²) in [7, 11) is 2.01. The van der Waals surface area contributed by atoms with Crippen LogP contribution in [0.3, 0.4) is 0 Å². The van der Waals surface area contributed by atoms with E-state index in [0.717, 1.165) is 33.5 Å². The van der Waals surface area contributed by atoms with Gasteiger partial charge in [0.1, 0.15) is 6.04 Å². The number of amides is 2. The standard InChI is InChI=1S/C22H25ClN2O4S/c1-7-29-20(27)13(3)25-19(26)18(30-21(25)28)9-14-8-15-12(2)11-22(4,5)24(6)17(15)10-16(14)23/h8-11,13H,7H2,1-6H3/b18-9+/t13-/m1/s1. The Morgan fingerprint density at radius 3 is 2.63 bits per heavy atom. The van der Waals surface area contributed by atoms with Gasteiger partial charge >= 0.3 is 5.97 Å². The number of imide groups is 1. The molecule has 1 saturated heterocycles. The lowest BCUT2D eigenvalue weighted by atomic mass is 9.88. The smallest absolute Gasteiger partial charge is 0.329 e. The second kappa shape index (κ2) is 8.12. The van der Waals surface area contributed by atoms with Gasteiger partial charge in [-0.25, -0.2) is 4.79 Å². The molecule has 0 bridgehead atoms. The number of ether oxygens (including phenoxy) is 1. The number of hydrogen-bond acceptors (Lipinski definition) is 6. The number of esters is 1. The molecule has 160 valence electrons. The zero-order valence-electron chi connectivity index (χ0n) is 17.9. The number of halogens is 1. The lowest BCUT2D eigenvalue weighted by molar-refractivity contribution is -0.150. The number of anilines is 1. The highest BCUT2D eigenvalue weighted by Gasteiger charge is 2.41. The molecule has 0 N–H and O–H groups in total. The molecule has 2 amide bonds. The van der Waals surface area contributed by atoms with Gasteiger partial charge in [0.05, 0.1) is 17.1 Å². The Morgan fingerprint density at radius 2 is 2.00 bits per heavy atom. The molecule has 2 heterocycles. The first-order valence-corrected chi connectivity index (χ1v) is 10.9. The molecule has 6 nitrogen and oxygen atoms in total. The Bertz CT molecular complexity index is 999. The maximum Gasteiger partial charge on any atom is 0.329 e. The molecule has 30 heavy (non-hydrogen) atoms. The molecule has 0 radical (unpaired) electrons. The summed E-state index contributed by atoms with van der Waals surface area (Å²) in [6.07, 6.45) is 3.79. The van der Waals surface area contributed by atoms with Gasteiger partial charge in [0, 0.05) is 23.3 Å². The molecule has 3 rings (SSSR count). The number of carbonyl (C=O) groups excluding carboxylic acids is 3. The monoisotopic (exact) mass is 448 g/mol. The zero-order valence-corrected chi connectivity index (χ0v) is 19.5. The number of likely N-dealkylation sites (N-methyl/N-ethyl adjacent to an activating group) is 1. The van der Waals surface area contributed by atoms with E-state index < -0.39 is 23.2 Å². The summed E-state index contributed by atoms with van der Waals surface area (Å²) in [5.74, 6) is -1.14.